The molecule has 0 fully saturated rings. The molecule has 58 valence electrons. The van der Waals surface area contributed by atoms with Crippen LogP contribution in [0, 0.1) is 0 Å². The first-order chi connectivity index (χ1) is 5.24. The van der Waals surface area contributed by atoms with Crippen LogP contribution >= 0.6 is 15.9 Å². The van der Waals surface area contributed by atoms with Gasteiger partial charge in [0, 0.05) is 23.3 Å². The minimum Gasteiger partial charge on any atom is -0.507 e. The maximum atomic E-state index is 9.25. The topological polar surface area (TPSA) is 32.6 Å². The number of benzene rings is 1. The van der Waals surface area contributed by atoms with E-state index in [4.69, 9.17) is 0 Å². The van der Waals surface area contributed by atoms with Gasteiger partial charge in [0.25, 0.3) is 0 Å². The Labute approximate surface area is 73.7 Å². The van der Waals surface area contributed by atoms with E-state index < -0.39 is 0 Å². The first-order valence-electron chi connectivity index (χ1n) is 3.14. The van der Waals surface area contributed by atoms with E-state index in [1.165, 1.54) is 0 Å². The lowest BCUT2D eigenvalue weighted by Crippen LogP contribution is -1.81. The molecule has 0 atom stereocenters. The zero-order valence-electron chi connectivity index (χ0n) is 6.08. The summed E-state index contributed by atoms with van der Waals surface area (Å²) < 4.78 is 0.935. The van der Waals surface area contributed by atoms with Crippen LogP contribution in [-0.4, -0.2) is 18.4 Å². The predicted molar refractivity (Wildman–Crippen MR) is 49.3 cm³/mol. The summed E-state index contributed by atoms with van der Waals surface area (Å²) >= 11 is 3.29. The lowest BCUT2D eigenvalue weighted by Gasteiger charge is -1.97. The highest BCUT2D eigenvalue weighted by Crippen LogP contribution is 2.19. The molecule has 0 saturated carbocycles. The monoisotopic (exact) mass is 213 g/mol. The van der Waals surface area contributed by atoms with Crippen molar-refractivity contribution in [3.8, 4) is 5.75 Å². The molecule has 1 N–H and O–H groups in total. The molecule has 0 heterocycles. The van der Waals surface area contributed by atoms with E-state index in [0.29, 0.717) is 0 Å². The van der Waals surface area contributed by atoms with Crippen LogP contribution in [-0.2, 0) is 0 Å². The fourth-order valence-electron chi connectivity index (χ4n) is 0.768. The molecular formula is C8H8BrNO. The fourth-order valence-corrected chi connectivity index (χ4v) is 1.15. The third-order valence-electron chi connectivity index (χ3n) is 1.26. The highest BCUT2D eigenvalue weighted by atomic mass is 79.9. The van der Waals surface area contributed by atoms with Crippen molar-refractivity contribution in [2.45, 2.75) is 0 Å². The molecule has 3 heteroatoms. The van der Waals surface area contributed by atoms with Gasteiger partial charge in [-0.15, -0.1) is 0 Å². The summed E-state index contributed by atoms with van der Waals surface area (Å²) in [5, 5.41) is 9.25. The quantitative estimate of drug-likeness (QED) is 0.714. The summed E-state index contributed by atoms with van der Waals surface area (Å²) in [6.07, 6.45) is 1.61. The largest absolute Gasteiger partial charge is 0.507 e. The second-order valence-electron chi connectivity index (χ2n) is 2.09. The van der Waals surface area contributed by atoms with Crippen molar-refractivity contribution in [1.29, 1.82) is 0 Å². The van der Waals surface area contributed by atoms with Gasteiger partial charge in [-0.25, -0.2) is 0 Å². The van der Waals surface area contributed by atoms with Crippen molar-refractivity contribution in [3.63, 3.8) is 0 Å². The van der Waals surface area contributed by atoms with Gasteiger partial charge in [-0.05, 0) is 18.2 Å². The van der Waals surface area contributed by atoms with E-state index in [9.17, 15) is 5.11 Å². The Morgan fingerprint density at radius 2 is 2.27 bits per heavy atom. The van der Waals surface area contributed by atoms with Gasteiger partial charge >= 0.3 is 0 Å². The van der Waals surface area contributed by atoms with Crippen molar-refractivity contribution in [3.05, 3.63) is 28.2 Å². The van der Waals surface area contributed by atoms with Gasteiger partial charge in [-0.1, -0.05) is 15.9 Å². The van der Waals surface area contributed by atoms with Crippen molar-refractivity contribution < 1.29 is 5.11 Å². The Kier molecular flexibility index (Phi) is 2.65. The van der Waals surface area contributed by atoms with Gasteiger partial charge in [0.2, 0.25) is 0 Å². The molecule has 2 nitrogen and oxygen atoms in total. The Morgan fingerprint density at radius 1 is 1.55 bits per heavy atom. The molecular weight excluding hydrogens is 206 g/mol. The average Bonchev–Trinajstić information content (AvgIpc) is 1.98. The number of hydrogen-bond donors (Lipinski definition) is 1. The molecule has 11 heavy (non-hydrogen) atoms. The standard InChI is InChI=1S/C8H8BrNO/c1-10-5-6-4-7(9)2-3-8(6)11/h2-5,11H,1H3. The Bertz CT molecular complexity index is 283. The molecule has 1 aromatic rings. The van der Waals surface area contributed by atoms with Crippen molar-refractivity contribution in [2.24, 2.45) is 4.99 Å². The molecule has 1 aromatic carbocycles. The number of aromatic hydroxyl groups is 1. The molecule has 0 aliphatic carbocycles. The summed E-state index contributed by atoms with van der Waals surface area (Å²) in [5.74, 6) is 0.249. The van der Waals surface area contributed by atoms with Gasteiger partial charge in [0.1, 0.15) is 5.75 Å². The van der Waals surface area contributed by atoms with E-state index >= 15 is 0 Å². The maximum absolute atomic E-state index is 9.25. The second-order valence-corrected chi connectivity index (χ2v) is 3.01. The number of phenolic OH excluding ortho intramolecular Hbond substituents is 1. The van der Waals surface area contributed by atoms with Crippen LogP contribution in [0.5, 0.6) is 5.75 Å². The highest BCUT2D eigenvalue weighted by Gasteiger charge is 1.96. The molecule has 0 saturated heterocycles. The summed E-state index contributed by atoms with van der Waals surface area (Å²) in [6.45, 7) is 0. The first kappa shape index (κ1) is 8.27. The third-order valence-corrected chi connectivity index (χ3v) is 1.75. The second kappa shape index (κ2) is 3.53. The van der Waals surface area contributed by atoms with E-state index in [1.807, 2.05) is 6.07 Å². The Balaban J connectivity index is 3.12. The smallest absolute Gasteiger partial charge is 0.124 e. The number of hydrogen-bond acceptors (Lipinski definition) is 2. The highest BCUT2D eigenvalue weighted by molar-refractivity contribution is 9.10. The van der Waals surface area contributed by atoms with E-state index in [0.717, 1.165) is 10.0 Å². The van der Waals surface area contributed by atoms with Crippen LogP contribution in [0.2, 0.25) is 0 Å². The van der Waals surface area contributed by atoms with E-state index in [-0.39, 0.29) is 5.75 Å². The van der Waals surface area contributed by atoms with E-state index in [1.54, 1.807) is 25.4 Å². The van der Waals surface area contributed by atoms with Crippen molar-refractivity contribution >= 4 is 22.1 Å². The van der Waals surface area contributed by atoms with Gasteiger partial charge in [0.05, 0.1) is 0 Å². The summed E-state index contributed by atoms with van der Waals surface area (Å²) in [4.78, 5) is 3.80. The summed E-state index contributed by atoms with van der Waals surface area (Å²) in [7, 11) is 1.67. The van der Waals surface area contributed by atoms with Crippen LogP contribution in [0.1, 0.15) is 5.56 Å². The zero-order chi connectivity index (χ0) is 8.27. The van der Waals surface area contributed by atoms with Crippen LogP contribution in [0.4, 0.5) is 0 Å². The van der Waals surface area contributed by atoms with Gasteiger partial charge in [0.15, 0.2) is 0 Å². The number of nitrogens with zero attached hydrogens (tertiary/aromatic N) is 1. The van der Waals surface area contributed by atoms with Crippen LogP contribution in [0.3, 0.4) is 0 Å². The minimum absolute atomic E-state index is 0.249. The summed E-state index contributed by atoms with van der Waals surface area (Å²) in [5.41, 5.74) is 0.724. The SMILES string of the molecule is CN=Cc1cc(Br)ccc1O. The summed E-state index contributed by atoms with van der Waals surface area (Å²) in [6, 6.07) is 5.21. The predicted octanol–water partition coefficient (Wildman–Crippen LogP) is 2.20. The number of halogens is 1. The van der Waals surface area contributed by atoms with E-state index in [2.05, 4.69) is 20.9 Å². The van der Waals surface area contributed by atoms with Crippen molar-refractivity contribution in [1.82, 2.24) is 0 Å². The molecule has 1 rings (SSSR count). The van der Waals surface area contributed by atoms with Crippen molar-refractivity contribution in [2.75, 3.05) is 7.05 Å². The number of phenols is 1. The first-order valence-corrected chi connectivity index (χ1v) is 3.94. The van der Waals surface area contributed by atoms with Crippen LogP contribution < -0.4 is 0 Å². The number of rotatable bonds is 1. The number of aliphatic imine (C=N–C) groups is 1. The lowest BCUT2D eigenvalue weighted by molar-refractivity contribution is 0.474. The van der Waals surface area contributed by atoms with Gasteiger partial charge in [-0.3, -0.25) is 4.99 Å². The molecule has 0 radical (unpaired) electrons. The Hall–Kier alpha value is -0.830. The molecule has 0 aliphatic heterocycles. The molecule has 0 amide bonds. The molecule has 0 bridgehead atoms. The van der Waals surface area contributed by atoms with Crippen LogP contribution in [0.25, 0.3) is 0 Å². The Morgan fingerprint density at radius 3 is 2.91 bits per heavy atom. The zero-order valence-corrected chi connectivity index (χ0v) is 7.67. The normalized spacial score (nSPS) is 10.7. The van der Waals surface area contributed by atoms with Gasteiger partial charge in [-0.2, -0.15) is 0 Å². The maximum Gasteiger partial charge on any atom is 0.124 e. The molecule has 0 unspecified atom stereocenters. The molecule has 0 aliphatic rings. The third kappa shape index (κ3) is 2.05. The average molecular weight is 214 g/mol. The molecule has 0 spiro atoms. The fraction of sp³-hybridized carbons (Fsp3) is 0.125. The van der Waals surface area contributed by atoms with Gasteiger partial charge < -0.3 is 5.11 Å². The molecule has 0 aromatic heterocycles. The van der Waals surface area contributed by atoms with Crippen LogP contribution in [0.15, 0.2) is 27.7 Å². The minimum atomic E-state index is 0.249. The lowest BCUT2D eigenvalue weighted by atomic mass is 10.2.